The first-order chi connectivity index (χ1) is 10.7. The maximum absolute atomic E-state index is 11.9. The summed E-state index contributed by atoms with van der Waals surface area (Å²) in [5, 5.41) is 12.0. The number of aliphatic carboxylic acids is 1. The van der Waals surface area contributed by atoms with Gasteiger partial charge in [-0.05, 0) is 12.1 Å². The van der Waals surface area contributed by atoms with Crippen LogP contribution < -0.4 is 15.5 Å². The average molecular weight is 333 g/mol. The predicted octanol–water partition coefficient (Wildman–Crippen LogP) is 0.966. The second-order valence-corrected chi connectivity index (χ2v) is 4.43. The summed E-state index contributed by atoms with van der Waals surface area (Å²) in [6.07, 6.45) is -4.60. The van der Waals surface area contributed by atoms with Gasteiger partial charge < -0.3 is 15.3 Å². The number of carboxylic acid groups (broad SMARTS) is 1. The lowest BCUT2D eigenvalue weighted by molar-refractivity contribution is -0.135. The number of urea groups is 1. The van der Waals surface area contributed by atoms with E-state index in [1.165, 1.54) is 5.32 Å². The quantitative estimate of drug-likeness (QED) is 0.720. The van der Waals surface area contributed by atoms with Gasteiger partial charge in [0.05, 0.1) is 6.54 Å². The fourth-order valence-corrected chi connectivity index (χ4v) is 1.60. The lowest BCUT2D eigenvalue weighted by Crippen LogP contribution is -2.47. The van der Waals surface area contributed by atoms with Crippen molar-refractivity contribution >= 4 is 23.6 Å². The van der Waals surface area contributed by atoms with Crippen LogP contribution in [0.5, 0.6) is 0 Å². The van der Waals surface area contributed by atoms with Crippen molar-refractivity contribution in [2.75, 3.05) is 24.5 Å². The monoisotopic (exact) mass is 333 g/mol. The molecular weight excluding hydrogens is 319 g/mol. The molecule has 126 valence electrons. The highest BCUT2D eigenvalue weighted by molar-refractivity contribution is 5.96. The molecule has 0 aliphatic rings. The van der Waals surface area contributed by atoms with Crippen molar-refractivity contribution in [2.45, 2.75) is 6.18 Å². The Morgan fingerprint density at radius 2 is 1.70 bits per heavy atom. The highest BCUT2D eigenvalue weighted by Gasteiger charge is 2.28. The molecule has 0 heterocycles. The topological polar surface area (TPSA) is 98.7 Å². The molecule has 3 N–H and O–H groups in total. The number of anilines is 1. The van der Waals surface area contributed by atoms with Gasteiger partial charge in [-0.25, -0.2) is 4.79 Å². The predicted molar refractivity (Wildman–Crippen MR) is 73.9 cm³/mol. The van der Waals surface area contributed by atoms with E-state index in [1.54, 1.807) is 35.6 Å². The number of carbonyl (C=O) groups excluding carboxylic acids is 2. The Morgan fingerprint density at radius 3 is 2.22 bits per heavy atom. The van der Waals surface area contributed by atoms with E-state index in [0.29, 0.717) is 5.69 Å². The van der Waals surface area contributed by atoms with Gasteiger partial charge in [0.1, 0.15) is 13.1 Å². The van der Waals surface area contributed by atoms with E-state index in [-0.39, 0.29) is 0 Å². The highest BCUT2D eigenvalue weighted by Crippen LogP contribution is 2.13. The minimum atomic E-state index is -4.60. The summed E-state index contributed by atoms with van der Waals surface area (Å²) < 4.78 is 35.8. The SMILES string of the molecule is O=C(O)CN(CC(=O)NC(=O)NCC(F)(F)F)c1ccccc1. The zero-order chi connectivity index (χ0) is 17.5. The van der Waals surface area contributed by atoms with Crippen LogP contribution in [0.2, 0.25) is 0 Å². The number of carbonyl (C=O) groups is 3. The Bertz CT molecular complexity index is 563. The van der Waals surface area contributed by atoms with Crippen LogP contribution >= 0.6 is 0 Å². The molecule has 0 atom stereocenters. The number of hydrogen-bond acceptors (Lipinski definition) is 4. The molecule has 1 aromatic carbocycles. The van der Waals surface area contributed by atoms with E-state index in [9.17, 15) is 27.6 Å². The zero-order valence-corrected chi connectivity index (χ0v) is 11.8. The molecule has 0 aliphatic carbocycles. The van der Waals surface area contributed by atoms with Gasteiger partial charge in [0.15, 0.2) is 0 Å². The molecule has 7 nitrogen and oxygen atoms in total. The molecule has 0 aromatic heterocycles. The third kappa shape index (κ3) is 7.69. The van der Waals surface area contributed by atoms with E-state index < -0.39 is 43.7 Å². The fourth-order valence-electron chi connectivity index (χ4n) is 1.60. The summed E-state index contributed by atoms with van der Waals surface area (Å²) in [5.41, 5.74) is 0.417. The number of imide groups is 1. The summed E-state index contributed by atoms with van der Waals surface area (Å²) in [5.74, 6) is -2.14. The van der Waals surface area contributed by atoms with Crippen LogP contribution in [-0.4, -0.2) is 48.8 Å². The molecular formula is C13H14F3N3O4. The van der Waals surface area contributed by atoms with Crippen LogP contribution in [0.4, 0.5) is 23.7 Å². The molecule has 1 aromatic rings. The number of carboxylic acids is 1. The molecule has 0 aliphatic heterocycles. The second kappa shape index (κ2) is 8.01. The molecule has 23 heavy (non-hydrogen) atoms. The number of nitrogens with zero attached hydrogens (tertiary/aromatic N) is 1. The first kappa shape index (κ1) is 18.3. The summed E-state index contributed by atoms with van der Waals surface area (Å²) in [6.45, 7) is -2.60. The number of benzene rings is 1. The number of halogens is 3. The number of rotatable bonds is 6. The zero-order valence-electron chi connectivity index (χ0n) is 11.8. The third-order valence-electron chi connectivity index (χ3n) is 2.48. The summed E-state index contributed by atoms with van der Waals surface area (Å²) in [4.78, 5) is 34.8. The van der Waals surface area contributed by atoms with Crippen LogP contribution in [0.25, 0.3) is 0 Å². The van der Waals surface area contributed by atoms with E-state index in [0.717, 1.165) is 4.90 Å². The van der Waals surface area contributed by atoms with Gasteiger partial charge >= 0.3 is 18.2 Å². The van der Waals surface area contributed by atoms with E-state index in [2.05, 4.69) is 0 Å². The largest absolute Gasteiger partial charge is 0.480 e. The van der Waals surface area contributed by atoms with Crippen molar-refractivity contribution in [1.29, 1.82) is 0 Å². The van der Waals surface area contributed by atoms with Crippen LogP contribution in [0.1, 0.15) is 0 Å². The molecule has 0 fully saturated rings. The van der Waals surface area contributed by atoms with Crippen molar-refractivity contribution in [3.63, 3.8) is 0 Å². The molecule has 1 rings (SSSR count). The number of nitrogens with one attached hydrogen (secondary N) is 2. The lowest BCUT2D eigenvalue weighted by atomic mass is 10.3. The Hall–Kier alpha value is -2.78. The number of para-hydroxylation sites is 1. The fraction of sp³-hybridized carbons (Fsp3) is 0.308. The standard InChI is InChI=1S/C13H14F3N3O4/c14-13(15,16)8-17-12(23)18-10(20)6-19(7-11(21)22)9-4-2-1-3-5-9/h1-5H,6-8H2,(H,21,22)(H2,17,18,20,23). The minimum absolute atomic E-state index is 0.417. The molecule has 0 unspecified atom stereocenters. The Morgan fingerprint density at radius 1 is 1.09 bits per heavy atom. The minimum Gasteiger partial charge on any atom is -0.480 e. The van der Waals surface area contributed by atoms with E-state index in [4.69, 9.17) is 5.11 Å². The van der Waals surface area contributed by atoms with Gasteiger partial charge in [-0.2, -0.15) is 13.2 Å². The van der Waals surface area contributed by atoms with Crippen molar-refractivity contribution in [1.82, 2.24) is 10.6 Å². The van der Waals surface area contributed by atoms with Gasteiger partial charge in [0, 0.05) is 5.69 Å². The van der Waals surface area contributed by atoms with Crippen LogP contribution in [0.3, 0.4) is 0 Å². The van der Waals surface area contributed by atoms with Crippen LogP contribution in [-0.2, 0) is 9.59 Å². The Labute approximate surface area is 129 Å². The van der Waals surface area contributed by atoms with Crippen LogP contribution in [0, 0.1) is 0 Å². The maximum Gasteiger partial charge on any atom is 0.405 e. The molecule has 0 saturated carbocycles. The van der Waals surface area contributed by atoms with Crippen molar-refractivity contribution in [3.05, 3.63) is 30.3 Å². The molecule has 10 heteroatoms. The summed E-state index contributed by atoms with van der Waals surface area (Å²) >= 11 is 0. The summed E-state index contributed by atoms with van der Waals surface area (Å²) in [7, 11) is 0. The van der Waals surface area contributed by atoms with Gasteiger partial charge in [-0.1, -0.05) is 18.2 Å². The maximum atomic E-state index is 11.9. The second-order valence-electron chi connectivity index (χ2n) is 4.43. The number of hydrogen-bond donors (Lipinski definition) is 3. The highest BCUT2D eigenvalue weighted by atomic mass is 19.4. The number of alkyl halides is 3. The van der Waals surface area contributed by atoms with Gasteiger partial charge in [-0.3, -0.25) is 14.9 Å². The van der Waals surface area contributed by atoms with Crippen molar-refractivity contribution in [3.8, 4) is 0 Å². The first-order valence-corrected chi connectivity index (χ1v) is 6.33. The molecule has 0 saturated heterocycles. The van der Waals surface area contributed by atoms with Crippen LogP contribution in [0.15, 0.2) is 30.3 Å². The molecule has 0 bridgehead atoms. The Kier molecular flexibility index (Phi) is 6.36. The van der Waals surface area contributed by atoms with Gasteiger partial charge in [-0.15, -0.1) is 0 Å². The number of amides is 3. The smallest absolute Gasteiger partial charge is 0.405 e. The molecule has 0 radical (unpaired) electrons. The van der Waals surface area contributed by atoms with Crippen molar-refractivity contribution in [2.24, 2.45) is 0 Å². The average Bonchev–Trinajstić information content (AvgIpc) is 2.44. The van der Waals surface area contributed by atoms with E-state index in [1.807, 2.05) is 0 Å². The third-order valence-corrected chi connectivity index (χ3v) is 2.48. The summed E-state index contributed by atoms with van der Waals surface area (Å²) in [6, 6.07) is 6.74. The molecule has 3 amide bonds. The van der Waals surface area contributed by atoms with Gasteiger partial charge in [0.2, 0.25) is 5.91 Å². The normalized spacial score (nSPS) is 10.7. The molecule has 0 spiro atoms. The van der Waals surface area contributed by atoms with Gasteiger partial charge in [0.25, 0.3) is 0 Å². The lowest BCUT2D eigenvalue weighted by Gasteiger charge is -2.22. The van der Waals surface area contributed by atoms with E-state index >= 15 is 0 Å². The first-order valence-electron chi connectivity index (χ1n) is 6.33. The Balaban J connectivity index is 2.60. The van der Waals surface area contributed by atoms with Crippen molar-refractivity contribution < 1.29 is 32.7 Å².